The quantitative estimate of drug-likeness (QED) is 0.319. The molecule has 2 aromatic rings. The van der Waals surface area contributed by atoms with E-state index in [-0.39, 0.29) is 36.1 Å². The summed E-state index contributed by atoms with van der Waals surface area (Å²) in [7, 11) is 0. The van der Waals surface area contributed by atoms with Gasteiger partial charge in [-0.15, -0.1) is 24.0 Å². The van der Waals surface area contributed by atoms with E-state index in [1.54, 1.807) is 12.1 Å². The molecule has 1 aliphatic heterocycles. The van der Waals surface area contributed by atoms with Crippen LogP contribution < -0.4 is 15.5 Å². The lowest BCUT2D eigenvalue weighted by molar-refractivity contribution is -0.138. The van der Waals surface area contributed by atoms with Gasteiger partial charge in [0.1, 0.15) is 0 Å². The molecule has 170 valence electrons. The maximum absolute atomic E-state index is 13.7. The third-order valence-electron chi connectivity index (χ3n) is 4.83. The van der Waals surface area contributed by atoms with Gasteiger partial charge >= 0.3 is 6.18 Å². The van der Waals surface area contributed by atoms with Crippen molar-refractivity contribution in [3.05, 3.63) is 65.2 Å². The molecule has 0 unspecified atom stereocenters. The van der Waals surface area contributed by atoms with Gasteiger partial charge < -0.3 is 20.3 Å². The number of ether oxygens (including phenoxy) is 1. The fourth-order valence-corrected chi connectivity index (χ4v) is 3.28. The number of hydrogen-bond donors (Lipinski definition) is 2. The van der Waals surface area contributed by atoms with Gasteiger partial charge in [0.2, 0.25) is 0 Å². The molecule has 0 spiro atoms. The molecule has 2 aromatic carbocycles. The number of nitrogens with zero attached hydrogens (tertiary/aromatic N) is 2. The molecule has 9 heteroatoms. The van der Waals surface area contributed by atoms with Gasteiger partial charge in [0, 0.05) is 31.9 Å². The van der Waals surface area contributed by atoms with Crippen LogP contribution in [0.5, 0.6) is 0 Å². The Hall–Kier alpha value is -2.01. The minimum absolute atomic E-state index is 0. The van der Waals surface area contributed by atoms with Gasteiger partial charge in [-0.05, 0) is 30.2 Å². The van der Waals surface area contributed by atoms with Gasteiger partial charge in [-0.3, -0.25) is 0 Å². The van der Waals surface area contributed by atoms with Gasteiger partial charge in [0.25, 0.3) is 0 Å². The molecule has 2 N–H and O–H groups in total. The van der Waals surface area contributed by atoms with Crippen LogP contribution in [0.4, 0.5) is 18.9 Å². The Morgan fingerprint density at radius 3 is 2.42 bits per heavy atom. The van der Waals surface area contributed by atoms with Crippen LogP contribution in [0.15, 0.2) is 53.5 Å². The van der Waals surface area contributed by atoms with E-state index in [1.807, 2.05) is 42.2 Å². The molecule has 5 nitrogen and oxygen atoms in total. The number of halogens is 4. The van der Waals surface area contributed by atoms with Crippen molar-refractivity contribution >= 4 is 35.6 Å². The first kappa shape index (κ1) is 25.3. The summed E-state index contributed by atoms with van der Waals surface area (Å²) >= 11 is 0. The van der Waals surface area contributed by atoms with Crippen molar-refractivity contribution < 1.29 is 17.9 Å². The van der Waals surface area contributed by atoms with E-state index in [2.05, 4.69) is 15.6 Å². The summed E-state index contributed by atoms with van der Waals surface area (Å²) in [6.07, 6.45) is -4.43. The highest BCUT2D eigenvalue weighted by Gasteiger charge is 2.34. The number of alkyl halides is 3. The highest BCUT2D eigenvalue weighted by molar-refractivity contribution is 14.0. The Labute approximate surface area is 198 Å². The third-order valence-corrected chi connectivity index (χ3v) is 4.83. The number of hydrogen-bond acceptors (Lipinski definition) is 3. The van der Waals surface area contributed by atoms with Crippen molar-refractivity contribution in [1.82, 2.24) is 10.6 Å². The minimum Gasteiger partial charge on any atom is -0.378 e. The predicted octanol–water partition coefficient (Wildman–Crippen LogP) is 4.42. The second-order valence-corrected chi connectivity index (χ2v) is 6.97. The summed E-state index contributed by atoms with van der Waals surface area (Å²) in [6, 6.07) is 14.2. The first-order valence-electron chi connectivity index (χ1n) is 10.1. The number of morpholine rings is 1. The standard InChI is InChI=1S/C22H27F3N4O.HI/c1-2-26-21(27-15-17-6-4-3-5-7-17)28-16-18-8-9-19(14-20(18)22(23,24)25)29-10-12-30-13-11-29;/h3-9,14H,2,10-13,15-16H2,1H3,(H2,26,27,28);1H. The van der Waals surface area contributed by atoms with E-state index < -0.39 is 11.7 Å². The topological polar surface area (TPSA) is 48.9 Å². The van der Waals surface area contributed by atoms with Crippen molar-refractivity contribution in [2.45, 2.75) is 26.2 Å². The van der Waals surface area contributed by atoms with Crippen molar-refractivity contribution in [1.29, 1.82) is 0 Å². The molecule has 3 rings (SSSR count). The van der Waals surface area contributed by atoms with Crippen LogP contribution in [0, 0.1) is 0 Å². The number of nitrogens with one attached hydrogen (secondary N) is 2. The van der Waals surface area contributed by atoms with Crippen LogP contribution in [-0.4, -0.2) is 38.8 Å². The number of aliphatic imine (C=N–C) groups is 1. The maximum atomic E-state index is 13.7. The lowest BCUT2D eigenvalue weighted by atomic mass is 10.0. The van der Waals surface area contributed by atoms with E-state index in [9.17, 15) is 13.2 Å². The summed E-state index contributed by atoms with van der Waals surface area (Å²) < 4.78 is 46.5. The van der Waals surface area contributed by atoms with Crippen molar-refractivity contribution in [2.75, 3.05) is 37.7 Å². The van der Waals surface area contributed by atoms with Crippen molar-refractivity contribution in [3.8, 4) is 0 Å². The molecule has 1 aliphatic rings. The summed E-state index contributed by atoms with van der Waals surface area (Å²) in [4.78, 5) is 6.39. The third kappa shape index (κ3) is 7.57. The molecule has 0 radical (unpaired) electrons. The summed E-state index contributed by atoms with van der Waals surface area (Å²) in [5.74, 6) is 0.478. The Morgan fingerprint density at radius 1 is 1.06 bits per heavy atom. The van der Waals surface area contributed by atoms with Gasteiger partial charge in [-0.2, -0.15) is 13.2 Å². The lowest BCUT2D eigenvalue weighted by Gasteiger charge is -2.29. The van der Waals surface area contributed by atoms with Crippen LogP contribution in [0.3, 0.4) is 0 Å². The van der Waals surface area contributed by atoms with Crippen LogP contribution >= 0.6 is 24.0 Å². The smallest absolute Gasteiger partial charge is 0.378 e. The first-order valence-corrected chi connectivity index (χ1v) is 10.1. The zero-order valence-electron chi connectivity index (χ0n) is 17.4. The van der Waals surface area contributed by atoms with Crippen LogP contribution in [0.2, 0.25) is 0 Å². The zero-order chi connectivity index (χ0) is 21.4. The maximum Gasteiger partial charge on any atom is 0.416 e. The average Bonchev–Trinajstić information content (AvgIpc) is 2.76. The van der Waals surface area contributed by atoms with Crippen LogP contribution in [-0.2, 0) is 24.0 Å². The molecule has 31 heavy (non-hydrogen) atoms. The van der Waals surface area contributed by atoms with E-state index in [0.29, 0.717) is 51.0 Å². The minimum atomic E-state index is -4.43. The Bertz CT molecular complexity index is 840. The molecule has 0 saturated carbocycles. The molecule has 0 atom stereocenters. The van der Waals surface area contributed by atoms with Gasteiger partial charge in [-0.25, -0.2) is 4.99 Å². The molecule has 0 bridgehead atoms. The molecule has 0 aliphatic carbocycles. The van der Waals surface area contributed by atoms with Gasteiger partial charge in [0.05, 0.1) is 25.3 Å². The predicted molar refractivity (Wildman–Crippen MR) is 128 cm³/mol. The Kier molecular flexibility index (Phi) is 9.89. The number of benzene rings is 2. The fourth-order valence-electron chi connectivity index (χ4n) is 3.28. The molecular weight excluding hydrogens is 520 g/mol. The van der Waals surface area contributed by atoms with Crippen molar-refractivity contribution in [3.63, 3.8) is 0 Å². The number of guanidine groups is 1. The Balaban J connectivity index is 0.00000341. The van der Waals surface area contributed by atoms with Crippen molar-refractivity contribution in [2.24, 2.45) is 4.99 Å². The van der Waals surface area contributed by atoms with E-state index in [0.717, 1.165) is 5.56 Å². The Morgan fingerprint density at radius 2 is 1.77 bits per heavy atom. The second kappa shape index (κ2) is 12.1. The first-order chi connectivity index (χ1) is 14.5. The number of anilines is 1. The second-order valence-electron chi connectivity index (χ2n) is 6.97. The molecule has 1 heterocycles. The fraction of sp³-hybridized carbons (Fsp3) is 0.409. The normalized spacial score (nSPS) is 14.7. The zero-order valence-corrected chi connectivity index (χ0v) is 19.7. The number of rotatable bonds is 6. The van der Waals surface area contributed by atoms with E-state index in [1.165, 1.54) is 6.07 Å². The molecule has 0 amide bonds. The molecule has 1 fully saturated rings. The molecular formula is C22H28F3IN4O. The molecule has 1 saturated heterocycles. The van der Waals surface area contributed by atoms with Crippen LogP contribution in [0.25, 0.3) is 0 Å². The molecule has 0 aromatic heterocycles. The highest BCUT2D eigenvalue weighted by atomic mass is 127. The van der Waals surface area contributed by atoms with E-state index >= 15 is 0 Å². The summed E-state index contributed by atoms with van der Waals surface area (Å²) in [5.41, 5.74) is 1.15. The summed E-state index contributed by atoms with van der Waals surface area (Å²) in [5, 5.41) is 6.10. The van der Waals surface area contributed by atoms with Gasteiger partial charge in [0.15, 0.2) is 5.96 Å². The van der Waals surface area contributed by atoms with E-state index in [4.69, 9.17) is 4.74 Å². The lowest BCUT2D eigenvalue weighted by Crippen LogP contribution is -2.37. The van der Waals surface area contributed by atoms with Gasteiger partial charge in [-0.1, -0.05) is 36.4 Å². The summed E-state index contributed by atoms with van der Waals surface area (Å²) in [6.45, 7) is 5.22. The largest absolute Gasteiger partial charge is 0.416 e. The SMILES string of the molecule is CCNC(=NCc1ccccc1)NCc1ccc(N2CCOCC2)cc1C(F)(F)F.I. The average molecular weight is 548 g/mol. The van der Waals surface area contributed by atoms with Crippen LogP contribution in [0.1, 0.15) is 23.6 Å². The monoisotopic (exact) mass is 548 g/mol. The highest BCUT2D eigenvalue weighted by Crippen LogP contribution is 2.35.